The number of hydrogen-bond donors (Lipinski definition) is 1. The highest BCUT2D eigenvalue weighted by atomic mass is 16.6. The van der Waals surface area contributed by atoms with Gasteiger partial charge in [-0.3, -0.25) is 4.79 Å². The number of ether oxygens (including phenoxy) is 2. The second-order valence-corrected chi connectivity index (χ2v) is 6.11. The maximum absolute atomic E-state index is 12.9. The molecule has 0 fully saturated rings. The van der Waals surface area contributed by atoms with Crippen LogP contribution in [0.5, 0.6) is 11.5 Å². The Bertz CT molecular complexity index is 796. The van der Waals surface area contributed by atoms with Crippen LogP contribution in [0.25, 0.3) is 0 Å². The van der Waals surface area contributed by atoms with Gasteiger partial charge in [-0.2, -0.15) is 5.10 Å². The van der Waals surface area contributed by atoms with Gasteiger partial charge in [-0.1, -0.05) is 12.1 Å². The molecule has 0 radical (unpaired) electrons. The van der Waals surface area contributed by atoms with Crippen molar-refractivity contribution in [3.8, 4) is 11.5 Å². The fourth-order valence-corrected chi connectivity index (χ4v) is 3.13. The fourth-order valence-electron chi connectivity index (χ4n) is 3.13. The summed E-state index contributed by atoms with van der Waals surface area (Å²) < 4.78 is 11.5. The van der Waals surface area contributed by atoms with Crippen LogP contribution in [0.3, 0.4) is 0 Å². The lowest BCUT2D eigenvalue weighted by atomic mass is 10.1. The van der Waals surface area contributed by atoms with E-state index in [2.05, 4.69) is 15.5 Å². The maximum atomic E-state index is 12.9. The highest BCUT2D eigenvalue weighted by Gasteiger charge is 2.33. The minimum Gasteiger partial charge on any atom is -0.485 e. The number of carbonyl (C=O) groups is 1. The van der Waals surface area contributed by atoms with Gasteiger partial charge in [-0.05, 0) is 30.7 Å². The first kappa shape index (κ1) is 15.7. The molecule has 25 heavy (non-hydrogen) atoms. The van der Waals surface area contributed by atoms with Gasteiger partial charge in [0.05, 0.1) is 5.69 Å². The number of benzene rings is 1. The Labute approximate surface area is 146 Å². The molecular weight excluding hydrogens is 320 g/mol. The zero-order valence-corrected chi connectivity index (χ0v) is 14.1. The van der Waals surface area contributed by atoms with E-state index in [0.29, 0.717) is 31.0 Å². The Hall–Kier alpha value is -2.83. The van der Waals surface area contributed by atoms with E-state index >= 15 is 0 Å². The van der Waals surface area contributed by atoms with E-state index < -0.39 is 6.10 Å². The van der Waals surface area contributed by atoms with Gasteiger partial charge in [0.1, 0.15) is 12.4 Å². The van der Waals surface area contributed by atoms with Crippen LogP contribution in [-0.4, -0.2) is 46.8 Å². The molecule has 0 bridgehead atoms. The van der Waals surface area contributed by atoms with Gasteiger partial charge < -0.3 is 19.7 Å². The van der Waals surface area contributed by atoms with Gasteiger partial charge in [-0.25, -0.2) is 0 Å². The number of anilines is 1. The Kier molecular flexibility index (Phi) is 4.13. The van der Waals surface area contributed by atoms with Crippen LogP contribution in [0.15, 0.2) is 30.3 Å². The van der Waals surface area contributed by atoms with Crippen molar-refractivity contribution in [3.63, 3.8) is 0 Å². The Balaban J connectivity index is 1.48. The smallest absolute Gasteiger partial charge is 0.267 e. The molecule has 1 atom stereocenters. The summed E-state index contributed by atoms with van der Waals surface area (Å²) in [5.41, 5.74) is 1.99. The topological polar surface area (TPSA) is 76.6 Å². The number of hydrogen-bond acceptors (Lipinski definition) is 6. The average Bonchev–Trinajstić information content (AvgIpc) is 2.66. The average molecular weight is 340 g/mol. The SMILES string of the molecule is CCNc1cc2c(nn1)CCN(C(=O)[C@H]1COc3ccccc3O1)C2. The predicted molar refractivity (Wildman–Crippen MR) is 91.7 cm³/mol. The Morgan fingerprint density at radius 2 is 2.16 bits per heavy atom. The van der Waals surface area contributed by atoms with Crippen LogP contribution in [0.2, 0.25) is 0 Å². The standard InChI is InChI=1S/C18H20N4O3/c1-2-19-17-9-12-10-22(8-7-13(12)20-21-17)18(23)16-11-24-14-5-3-4-6-15(14)25-16/h3-6,9,16H,2,7-8,10-11H2,1H3,(H,19,21)/t16-/m1/s1. The normalized spacial score (nSPS) is 18.4. The van der Waals surface area contributed by atoms with E-state index in [4.69, 9.17) is 9.47 Å². The zero-order valence-electron chi connectivity index (χ0n) is 14.1. The molecule has 4 rings (SSSR count). The van der Waals surface area contributed by atoms with Crippen molar-refractivity contribution in [1.82, 2.24) is 15.1 Å². The van der Waals surface area contributed by atoms with Gasteiger partial charge in [0.25, 0.3) is 5.91 Å². The molecule has 1 aromatic heterocycles. The fraction of sp³-hybridized carbons (Fsp3) is 0.389. The van der Waals surface area contributed by atoms with Crippen LogP contribution in [0, 0.1) is 0 Å². The molecular formula is C18H20N4O3. The van der Waals surface area contributed by atoms with Gasteiger partial charge in [-0.15, -0.1) is 5.10 Å². The van der Waals surface area contributed by atoms with Gasteiger partial charge in [0, 0.05) is 26.1 Å². The van der Waals surface area contributed by atoms with Crippen LogP contribution in [0.4, 0.5) is 5.82 Å². The minimum absolute atomic E-state index is 0.0537. The van der Waals surface area contributed by atoms with Crippen molar-refractivity contribution < 1.29 is 14.3 Å². The van der Waals surface area contributed by atoms with Crippen molar-refractivity contribution >= 4 is 11.7 Å². The van der Waals surface area contributed by atoms with Crippen molar-refractivity contribution in [2.75, 3.05) is 25.0 Å². The third kappa shape index (κ3) is 3.09. The van der Waals surface area contributed by atoms with E-state index in [-0.39, 0.29) is 12.5 Å². The van der Waals surface area contributed by atoms with Crippen LogP contribution < -0.4 is 14.8 Å². The van der Waals surface area contributed by atoms with E-state index in [0.717, 1.165) is 23.6 Å². The molecule has 0 unspecified atom stereocenters. The minimum atomic E-state index is -0.612. The molecule has 7 nitrogen and oxygen atoms in total. The third-order valence-corrected chi connectivity index (χ3v) is 4.39. The summed E-state index contributed by atoms with van der Waals surface area (Å²) in [7, 11) is 0. The molecule has 1 aromatic carbocycles. The molecule has 0 spiro atoms. The molecule has 1 N–H and O–H groups in total. The van der Waals surface area contributed by atoms with E-state index in [9.17, 15) is 4.79 Å². The molecule has 7 heteroatoms. The molecule has 0 aliphatic carbocycles. The quantitative estimate of drug-likeness (QED) is 0.915. The molecule has 2 aromatic rings. The Morgan fingerprint density at radius 3 is 3.00 bits per heavy atom. The predicted octanol–water partition coefficient (Wildman–Crippen LogP) is 1.63. The number of amides is 1. The first-order chi connectivity index (χ1) is 12.2. The summed E-state index contributed by atoms with van der Waals surface area (Å²) in [5, 5.41) is 11.6. The van der Waals surface area contributed by atoms with Crippen LogP contribution >= 0.6 is 0 Å². The van der Waals surface area contributed by atoms with Crippen LogP contribution in [0.1, 0.15) is 18.2 Å². The number of nitrogens with zero attached hydrogens (tertiary/aromatic N) is 3. The second kappa shape index (κ2) is 6.58. The first-order valence-corrected chi connectivity index (χ1v) is 8.51. The lowest BCUT2D eigenvalue weighted by Gasteiger charge is -2.33. The van der Waals surface area contributed by atoms with Crippen molar-refractivity contribution in [1.29, 1.82) is 0 Å². The third-order valence-electron chi connectivity index (χ3n) is 4.39. The number of para-hydroxylation sites is 2. The number of carbonyl (C=O) groups excluding carboxylic acids is 1. The van der Waals surface area contributed by atoms with Gasteiger partial charge in [0.15, 0.2) is 11.5 Å². The number of fused-ring (bicyclic) bond motifs is 2. The molecule has 1 amide bonds. The van der Waals surface area contributed by atoms with Crippen molar-refractivity contribution in [2.24, 2.45) is 0 Å². The molecule has 3 heterocycles. The summed E-state index contributed by atoms with van der Waals surface area (Å²) in [5.74, 6) is 1.98. The molecule has 2 aliphatic heterocycles. The lowest BCUT2D eigenvalue weighted by molar-refractivity contribution is -0.142. The zero-order chi connectivity index (χ0) is 17.2. The summed E-state index contributed by atoms with van der Waals surface area (Å²) in [6.07, 6.45) is 0.0875. The summed E-state index contributed by atoms with van der Waals surface area (Å²) in [6.45, 7) is 4.15. The van der Waals surface area contributed by atoms with Gasteiger partial charge >= 0.3 is 0 Å². The molecule has 2 aliphatic rings. The number of rotatable bonds is 3. The monoisotopic (exact) mass is 340 g/mol. The van der Waals surface area contributed by atoms with E-state index in [1.54, 1.807) is 0 Å². The summed E-state index contributed by atoms with van der Waals surface area (Å²) in [6, 6.07) is 9.38. The lowest BCUT2D eigenvalue weighted by Crippen LogP contribution is -2.48. The molecule has 0 saturated carbocycles. The molecule has 0 saturated heterocycles. The summed E-state index contributed by atoms with van der Waals surface area (Å²) >= 11 is 0. The first-order valence-electron chi connectivity index (χ1n) is 8.51. The number of nitrogens with one attached hydrogen (secondary N) is 1. The highest BCUT2D eigenvalue weighted by molar-refractivity contribution is 5.82. The largest absolute Gasteiger partial charge is 0.485 e. The maximum Gasteiger partial charge on any atom is 0.267 e. The Morgan fingerprint density at radius 1 is 1.32 bits per heavy atom. The van der Waals surface area contributed by atoms with E-state index in [1.165, 1.54) is 0 Å². The van der Waals surface area contributed by atoms with Gasteiger partial charge in [0.2, 0.25) is 6.10 Å². The van der Waals surface area contributed by atoms with Crippen LogP contribution in [-0.2, 0) is 17.8 Å². The van der Waals surface area contributed by atoms with E-state index in [1.807, 2.05) is 42.2 Å². The second-order valence-electron chi connectivity index (χ2n) is 6.11. The van der Waals surface area contributed by atoms with Crippen molar-refractivity contribution in [3.05, 3.63) is 41.6 Å². The highest BCUT2D eigenvalue weighted by Crippen LogP contribution is 2.31. The van der Waals surface area contributed by atoms with Crippen molar-refractivity contribution in [2.45, 2.75) is 26.0 Å². The number of aromatic nitrogens is 2. The summed E-state index contributed by atoms with van der Waals surface area (Å²) in [4.78, 5) is 14.7. The molecule has 130 valence electrons.